The van der Waals surface area contributed by atoms with E-state index in [1.807, 2.05) is 39.0 Å². The van der Waals surface area contributed by atoms with E-state index in [-0.39, 0.29) is 28.2 Å². The first-order valence-corrected chi connectivity index (χ1v) is 13.9. The summed E-state index contributed by atoms with van der Waals surface area (Å²) in [6, 6.07) is 11.7. The van der Waals surface area contributed by atoms with E-state index in [0.29, 0.717) is 30.0 Å². The number of pyridine rings is 2. The topological polar surface area (TPSA) is 115 Å². The van der Waals surface area contributed by atoms with Crippen LogP contribution in [-0.4, -0.2) is 30.1 Å². The van der Waals surface area contributed by atoms with Crippen LogP contribution in [0.3, 0.4) is 0 Å². The van der Waals surface area contributed by atoms with E-state index in [2.05, 4.69) is 14.7 Å². The zero-order chi connectivity index (χ0) is 27.6. The van der Waals surface area contributed by atoms with Gasteiger partial charge in [-0.1, -0.05) is 29.8 Å². The number of ether oxygens (including phenoxy) is 1. The number of ketones is 1. The van der Waals surface area contributed by atoms with Crippen molar-refractivity contribution in [3.63, 3.8) is 0 Å². The van der Waals surface area contributed by atoms with Crippen LogP contribution < -0.4 is 9.46 Å². The number of benzene rings is 1. The van der Waals surface area contributed by atoms with Crippen molar-refractivity contribution in [1.82, 2.24) is 14.7 Å². The van der Waals surface area contributed by atoms with Crippen LogP contribution in [0.4, 0.5) is 0 Å². The Morgan fingerprint density at radius 1 is 1.00 bits per heavy atom. The van der Waals surface area contributed by atoms with Crippen molar-refractivity contribution >= 4 is 27.3 Å². The minimum atomic E-state index is -4.22. The van der Waals surface area contributed by atoms with Crippen LogP contribution in [-0.2, 0) is 14.8 Å². The summed E-state index contributed by atoms with van der Waals surface area (Å²) in [5.74, 6) is -0.167. The van der Waals surface area contributed by atoms with E-state index in [1.165, 1.54) is 12.1 Å². The van der Waals surface area contributed by atoms with Gasteiger partial charge >= 0.3 is 0 Å². The van der Waals surface area contributed by atoms with Gasteiger partial charge in [0.15, 0.2) is 5.03 Å². The lowest BCUT2D eigenvalue weighted by Gasteiger charge is -2.20. The number of nitrogens with one attached hydrogen (secondary N) is 1. The van der Waals surface area contributed by atoms with Gasteiger partial charge in [-0.3, -0.25) is 9.59 Å². The third-order valence-electron chi connectivity index (χ3n) is 6.59. The van der Waals surface area contributed by atoms with Gasteiger partial charge in [-0.2, -0.15) is 8.42 Å². The highest BCUT2D eigenvalue weighted by atomic mass is 32.2. The number of aromatic nitrogens is 2. The molecule has 0 radical (unpaired) electrons. The summed E-state index contributed by atoms with van der Waals surface area (Å²) in [6.45, 7) is 9.06. The number of Topliss-reactive ketones (excluding diaryl/α,β-unsaturated/α-hetero) is 1. The standard InChI is InChI=1S/C29H31N3O5S/c1-17-15-18(2)27(19(3)16-17)37-29-24(28(34)32-38(35,36)26-8-6-7-20(4)30-26)13-14-25(31-29)23-11-9-22(10-12-23)21(5)33/h6-8,11,13-16,22H,9-10,12H2,1-5H3,(H,32,34). The molecule has 0 aliphatic heterocycles. The Morgan fingerprint density at radius 2 is 1.71 bits per heavy atom. The van der Waals surface area contributed by atoms with Gasteiger partial charge in [0.05, 0.1) is 5.69 Å². The number of amides is 1. The van der Waals surface area contributed by atoms with Gasteiger partial charge in [-0.05, 0) is 94.8 Å². The fourth-order valence-corrected chi connectivity index (χ4v) is 5.61. The number of nitrogens with zero attached hydrogens (tertiary/aromatic N) is 2. The molecule has 1 aliphatic carbocycles. The van der Waals surface area contributed by atoms with Gasteiger partial charge in [0.25, 0.3) is 15.9 Å². The number of hydrogen-bond acceptors (Lipinski definition) is 7. The molecular formula is C29H31N3O5S. The minimum absolute atomic E-state index is 0.00202. The third-order valence-corrected chi connectivity index (χ3v) is 7.82. The van der Waals surface area contributed by atoms with Crippen molar-refractivity contribution in [2.75, 3.05) is 0 Å². The van der Waals surface area contributed by atoms with Crippen LogP contribution in [0.25, 0.3) is 5.57 Å². The van der Waals surface area contributed by atoms with Gasteiger partial charge in [0.1, 0.15) is 17.1 Å². The number of sulfonamides is 1. The first kappa shape index (κ1) is 27.2. The van der Waals surface area contributed by atoms with E-state index in [0.717, 1.165) is 28.7 Å². The van der Waals surface area contributed by atoms with Gasteiger partial charge < -0.3 is 4.74 Å². The lowest BCUT2D eigenvalue weighted by atomic mass is 9.86. The SMILES string of the molecule is CC(=O)C1CC=C(c2ccc(C(=O)NS(=O)(=O)c3cccc(C)n3)c(Oc3c(C)cc(C)cc3C)n2)CC1. The van der Waals surface area contributed by atoms with Gasteiger partial charge in [0.2, 0.25) is 5.88 Å². The predicted molar refractivity (Wildman–Crippen MR) is 145 cm³/mol. The van der Waals surface area contributed by atoms with E-state index in [1.54, 1.807) is 32.0 Å². The molecule has 8 nitrogen and oxygen atoms in total. The molecule has 1 amide bonds. The lowest BCUT2D eigenvalue weighted by Crippen LogP contribution is -2.31. The molecule has 0 saturated heterocycles. The number of aryl methyl sites for hydroxylation is 4. The number of rotatable bonds is 7. The van der Waals surface area contributed by atoms with E-state index < -0.39 is 15.9 Å². The third kappa shape index (κ3) is 5.99. The van der Waals surface area contributed by atoms with Gasteiger partial charge in [0, 0.05) is 11.6 Å². The predicted octanol–water partition coefficient (Wildman–Crippen LogP) is 5.39. The maximum absolute atomic E-state index is 13.3. The van der Waals surface area contributed by atoms with Crippen molar-refractivity contribution in [3.05, 3.63) is 82.2 Å². The van der Waals surface area contributed by atoms with E-state index in [4.69, 9.17) is 4.74 Å². The molecule has 1 N–H and O–H groups in total. The highest BCUT2D eigenvalue weighted by Gasteiger charge is 2.26. The van der Waals surface area contributed by atoms with Crippen molar-refractivity contribution in [2.24, 2.45) is 5.92 Å². The number of allylic oxidation sites excluding steroid dienone is 2. The summed E-state index contributed by atoms with van der Waals surface area (Å²) in [4.78, 5) is 33.7. The molecule has 2 heterocycles. The Balaban J connectivity index is 1.73. The zero-order valence-corrected chi connectivity index (χ0v) is 23.0. The Labute approximate surface area is 223 Å². The number of carbonyl (C=O) groups is 2. The van der Waals surface area contributed by atoms with Crippen LogP contribution in [0.2, 0.25) is 0 Å². The van der Waals surface area contributed by atoms with Crippen LogP contribution in [0.1, 0.15) is 64.6 Å². The normalized spacial score (nSPS) is 15.5. The first-order chi connectivity index (χ1) is 17.9. The molecule has 1 aliphatic rings. The average molecular weight is 534 g/mol. The Bertz CT molecular complexity index is 1540. The Kier molecular flexibility index (Phi) is 7.78. The van der Waals surface area contributed by atoms with Crippen molar-refractivity contribution < 1.29 is 22.7 Å². The summed E-state index contributed by atoms with van der Waals surface area (Å²) in [5, 5.41) is -0.254. The van der Waals surface area contributed by atoms with Gasteiger partial charge in [-0.15, -0.1) is 0 Å². The molecule has 0 bridgehead atoms. The second-order valence-electron chi connectivity index (χ2n) is 9.74. The molecule has 0 saturated carbocycles. The van der Waals surface area contributed by atoms with Crippen LogP contribution >= 0.6 is 0 Å². The molecule has 2 aromatic heterocycles. The second-order valence-corrected chi connectivity index (χ2v) is 11.4. The zero-order valence-electron chi connectivity index (χ0n) is 22.2. The lowest BCUT2D eigenvalue weighted by molar-refractivity contribution is -0.120. The highest BCUT2D eigenvalue weighted by Crippen LogP contribution is 2.34. The molecule has 1 atom stereocenters. The summed E-state index contributed by atoms with van der Waals surface area (Å²) in [7, 11) is -4.22. The smallest absolute Gasteiger partial charge is 0.281 e. The summed E-state index contributed by atoms with van der Waals surface area (Å²) in [5.41, 5.74) is 4.84. The molecular weight excluding hydrogens is 502 g/mol. The minimum Gasteiger partial charge on any atom is -0.438 e. The molecule has 38 heavy (non-hydrogen) atoms. The molecule has 9 heteroatoms. The number of hydrogen-bond donors (Lipinski definition) is 1. The maximum Gasteiger partial charge on any atom is 0.281 e. The van der Waals surface area contributed by atoms with Gasteiger partial charge in [-0.25, -0.2) is 14.7 Å². The highest BCUT2D eigenvalue weighted by molar-refractivity contribution is 7.90. The molecule has 3 aromatic rings. The second kappa shape index (κ2) is 10.9. The van der Waals surface area contributed by atoms with E-state index >= 15 is 0 Å². The summed E-state index contributed by atoms with van der Waals surface area (Å²) in [6.07, 6.45) is 4.01. The van der Waals surface area contributed by atoms with Crippen molar-refractivity contribution in [2.45, 2.75) is 58.9 Å². The first-order valence-electron chi connectivity index (χ1n) is 12.4. The Morgan fingerprint density at radius 3 is 2.32 bits per heavy atom. The average Bonchev–Trinajstić information content (AvgIpc) is 2.86. The van der Waals surface area contributed by atoms with Crippen molar-refractivity contribution in [3.8, 4) is 11.6 Å². The van der Waals surface area contributed by atoms with Crippen molar-refractivity contribution in [1.29, 1.82) is 0 Å². The summed E-state index contributed by atoms with van der Waals surface area (Å²) >= 11 is 0. The molecule has 1 aromatic carbocycles. The van der Waals surface area contributed by atoms with Crippen LogP contribution in [0.5, 0.6) is 11.6 Å². The van der Waals surface area contributed by atoms with E-state index in [9.17, 15) is 18.0 Å². The van der Waals surface area contributed by atoms with Crippen LogP contribution in [0, 0.1) is 33.6 Å². The quantitative estimate of drug-likeness (QED) is 0.433. The molecule has 198 valence electrons. The Hall–Kier alpha value is -3.85. The molecule has 4 rings (SSSR count). The monoisotopic (exact) mass is 533 g/mol. The largest absolute Gasteiger partial charge is 0.438 e. The summed E-state index contributed by atoms with van der Waals surface area (Å²) < 4.78 is 34.1. The molecule has 0 spiro atoms. The fourth-order valence-electron chi connectivity index (χ4n) is 4.63. The van der Waals surface area contributed by atoms with Crippen LogP contribution in [0.15, 0.2) is 53.6 Å². The molecule has 1 unspecified atom stereocenters. The maximum atomic E-state index is 13.3. The fraction of sp³-hybridized carbons (Fsp3) is 0.310. The molecule has 0 fully saturated rings. The number of carbonyl (C=O) groups excluding carboxylic acids is 2.